The third-order valence-electron chi connectivity index (χ3n) is 5.70. The van der Waals surface area contributed by atoms with Gasteiger partial charge >= 0.3 is 0 Å². The summed E-state index contributed by atoms with van der Waals surface area (Å²) in [6.45, 7) is 5.90. The molecular formula is C22H31N5O4. The number of carbonyl (C=O) groups excluding carboxylic acids is 3. The number of ether oxygens (including phenoxy) is 1. The lowest BCUT2D eigenvalue weighted by molar-refractivity contribution is -0.143. The Morgan fingerprint density at radius 3 is 2.65 bits per heavy atom. The van der Waals surface area contributed by atoms with Crippen LogP contribution in [0.4, 0.5) is 0 Å². The molecular weight excluding hydrogens is 398 g/mol. The number of hydrogen-bond donors (Lipinski definition) is 2. The van der Waals surface area contributed by atoms with E-state index >= 15 is 0 Å². The Bertz CT molecular complexity index is 880. The third kappa shape index (κ3) is 4.94. The summed E-state index contributed by atoms with van der Waals surface area (Å²) in [5.74, 6) is -0.881. The van der Waals surface area contributed by atoms with Gasteiger partial charge in [0, 0.05) is 26.6 Å². The van der Waals surface area contributed by atoms with Crippen molar-refractivity contribution in [3.63, 3.8) is 0 Å². The monoisotopic (exact) mass is 429 g/mol. The minimum absolute atomic E-state index is 0.00242. The minimum atomic E-state index is -1.14. The van der Waals surface area contributed by atoms with E-state index in [0.29, 0.717) is 19.6 Å². The van der Waals surface area contributed by atoms with Crippen molar-refractivity contribution in [3.8, 4) is 0 Å². The quantitative estimate of drug-likeness (QED) is 0.654. The first-order chi connectivity index (χ1) is 14.5. The van der Waals surface area contributed by atoms with Crippen LogP contribution in [0, 0.1) is 5.41 Å². The number of fused-ring (bicyclic) bond motifs is 1. The molecule has 2 aliphatic heterocycles. The predicted molar refractivity (Wildman–Crippen MR) is 116 cm³/mol. The van der Waals surface area contributed by atoms with Crippen LogP contribution in [0.1, 0.15) is 32.8 Å². The van der Waals surface area contributed by atoms with Crippen molar-refractivity contribution >= 4 is 23.4 Å². The molecule has 31 heavy (non-hydrogen) atoms. The minimum Gasteiger partial charge on any atom is -0.374 e. The van der Waals surface area contributed by atoms with Crippen molar-refractivity contribution in [2.75, 3.05) is 26.7 Å². The molecule has 2 atom stereocenters. The van der Waals surface area contributed by atoms with Crippen LogP contribution in [0.3, 0.4) is 0 Å². The van der Waals surface area contributed by atoms with E-state index in [0.717, 1.165) is 11.3 Å². The van der Waals surface area contributed by atoms with E-state index in [1.807, 2.05) is 30.3 Å². The van der Waals surface area contributed by atoms with Gasteiger partial charge in [-0.3, -0.25) is 14.4 Å². The maximum atomic E-state index is 13.3. The maximum Gasteiger partial charge on any atom is 0.255 e. The van der Waals surface area contributed by atoms with Crippen molar-refractivity contribution in [2.45, 2.75) is 45.4 Å². The lowest BCUT2D eigenvalue weighted by atomic mass is 9.79. The Hall–Kier alpha value is -2.78. The smallest absolute Gasteiger partial charge is 0.255 e. The Labute approximate surface area is 182 Å². The molecule has 0 aliphatic carbocycles. The molecule has 0 unspecified atom stereocenters. The molecule has 1 saturated heterocycles. The van der Waals surface area contributed by atoms with Crippen LogP contribution in [0.15, 0.2) is 35.4 Å². The Morgan fingerprint density at radius 2 is 2.00 bits per heavy atom. The summed E-state index contributed by atoms with van der Waals surface area (Å²) >= 11 is 0. The van der Waals surface area contributed by atoms with Crippen LogP contribution in [0.25, 0.3) is 0 Å². The average Bonchev–Trinajstić information content (AvgIpc) is 2.95. The second-order valence-electron chi connectivity index (χ2n) is 8.97. The zero-order valence-corrected chi connectivity index (χ0v) is 18.6. The first kappa shape index (κ1) is 22.9. The van der Waals surface area contributed by atoms with Gasteiger partial charge in [-0.05, 0) is 26.3 Å². The van der Waals surface area contributed by atoms with Gasteiger partial charge in [-0.15, -0.1) is 0 Å². The van der Waals surface area contributed by atoms with Crippen molar-refractivity contribution in [2.24, 2.45) is 16.3 Å². The SMILES string of the molecule is CN1N=C2CCN(C(=O)[C@@H](COCc3ccccc3)NC(=O)C(C)(C)N)C[C@]2(C)C1=O. The van der Waals surface area contributed by atoms with E-state index in [2.05, 4.69) is 10.4 Å². The lowest BCUT2D eigenvalue weighted by Gasteiger charge is -2.38. The van der Waals surface area contributed by atoms with E-state index in [-0.39, 0.29) is 25.0 Å². The van der Waals surface area contributed by atoms with Crippen molar-refractivity contribution in [1.82, 2.24) is 15.2 Å². The number of piperidine rings is 1. The van der Waals surface area contributed by atoms with Crippen LogP contribution in [0.2, 0.25) is 0 Å². The number of benzene rings is 1. The number of rotatable bonds is 7. The number of nitrogens with one attached hydrogen (secondary N) is 1. The van der Waals surface area contributed by atoms with Gasteiger partial charge in [0.25, 0.3) is 5.91 Å². The summed E-state index contributed by atoms with van der Waals surface area (Å²) in [5, 5.41) is 8.38. The molecule has 3 N–H and O–H groups in total. The van der Waals surface area contributed by atoms with Gasteiger partial charge in [-0.25, -0.2) is 5.01 Å². The highest BCUT2D eigenvalue weighted by Gasteiger charge is 2.50. The number of nitrogens with two attached hydrogens (primary N) is 1. The fourth-order valence-electron chi connectivity index (χ4n) is 3.80. The summed E-state index contributed by atoms with van der Waals surface area (Å²) in [7, 11) is 1.62. The first-order valence-corrected chi connectivity index (χ1v) is 10.4. The van der Waals surface area contributed by atoms with Gasteiger partial charge in [0.15, 0.2) is 0 Å². The molecule has 0 saturated carbocycles. The highest BCUT2D eigenvalue weighted by atomic mass is 16.5. The molecule has 9 nitrogen and oxygen atoms in total. The molecule has 1 fully saturated rings. The van der Waals surface area contributed by atoms with Gasteiger partial charge < -0.3 is 20.7 Å². The molecule has 0 aromatic heterocycles. The van der Waals surface area contributed by atoms with E-state index in [1.54, 1.807) is 32.7 Å². The largest absolute Gasteiger partial charge is 0.374 e. The molecule has 0 spiro atoms. The Kier molecular flexibility index (Phi) is 6.47. The van der Waals surface area contributed by atoms with Crippen LogP contribution < -0.4 is 11.1 Å². The number of hydrogen-bond acceptors (Lipinski definition) is 6. The molecule has 3 rings (SSSR count). The molecule has 9 heteroatoms. The number of nitrogens with zero attached hydrogens (tertiary/aromatic N) is 3. The predicted octanol–water partition coefficient (Wildman–Crippen LogP) is 0.492. The molecule has 1 aromatic carbocycles. The molecule has 168 valence electrons. The van der Waals surface area contributed by atoms with Gasteiger partial charge in [0.05, 0.1) is 24.5 Å². The number of likely N-dealkylation sites (tertiary alicyclic amines) is 1. The maximum absolute atomic E-state index is 13.3. The van der Waals surface area contributed by atoms with Gasteiger partial charge in [0.2, 0.25) is 11.8 Å². The standard InChI is InChI=1S/C22H31N5O4/c1-21(2,23)19(29)24-16(13-31-12-15-8-6-5-7-9-15)18(28)27-11-10-17-22(3,14-27)20(30)26(4)25-17/h5-9,16H,10-14,23H2,1-4H3,(H,24,29)/t16-,22+/m1/s1. The topological polar surface area (TPSA) is 117 Å². The Balaban J connectivity index is 1.71. The number of carbonyl (C=O) groups is 3. The summed E-state index contributed by atoms with van der Waals surface area (Å²) in [6.07, 6.45) is 0.506. The van der Waals surface area contributed by atoms with E-state index < -0.39 is 22.9 Å². The van der Waals surface area contributed by atoms with E-state index in [4.69, 9.17) is 10.5 Å². The number of amides is 3. The van der Waals surface area contributed by atoms with Gasteiger partial charge in [-0.1, -0.05) is 30.3 Å². The van der Waals surface area contributed by atoms with Gasteiger partial charge in [-0.2, -0.15) is 5.10 Å². The molecule has 1 aromatic rings. The average molecular weight is 430 g/mol. The lowest BCUT2D eigenvalue weighted by Crippen LogP contribution is -2.60. The first-order valence-electron chi connectivity index (χ1n) is 10.4. The third-order valence-corrected chi connectivity index (χ3v) is 5.70. The van der Waals surface area contributed by atoms with Crippen molar-refractivity contribution in [3.05, 3.63) is 35.9 Å². The second kappa shape index (κ2) is 8.76. The molecule has 2 aliphatic rings. The second-order valence-corrected chi connectivity index (χ2v) is 8.97. The Morgan fingerprint density at radius 1 is 1.32 bits per heavy atom. The van der Waals surface area contributed by atoms with Gasteiger partial charge in [0.1, 0.15) is 11.5 Å². The van der Waals surface area contributed by atoms with E-state index in [9.17, 15) is 14.4 Å². The molecule has 2 heterocycles. The van der Waals surface area contributed by atoms with Crippen molar-refractivity contribution < 1.29 is 19.1 Å². The highest BCUT2D eigenvalue weighted by Crippen LogP contribution is 2.34. The fraction of sp³-hybridized carbons (Fsp3) is 0.545. The molecule has 3 amide bonds. The van der Waals surface area contributed by atoms with Crippen LogP contribution >= 0.6 is 0 Å². The normalized spacial score (nSPS) is 22.1. The zero-order chi connectivity index (χ0) is 22.8. The highest BCUT2D eigenvalue weighted by molar-refractivity contribution is 6.13. The van der Waals surface area contributed by atoms with Crippen LogP contribution in [0.5, 0.6) is 0 Å². The zero-order valence-electron chi connectivity index (χ0n) is 18.6. The molecule has 0 radical (unpaired) electrons. The number of hydrazone groups is 1. The van der Waals surface area contributed by atoms with Crippen LogP contribution in [-0.2, 0) is 25.7 Å². The summed E-state index contributed by atoms with van der Waals surface area (Å²) < 4.78 is 5.76. The fourth-order valence-corrected chi connectivity index (χ4v) is 3.80. The van der Waals surface area contributed by atoms with Crippen molar-refractivity contribution in [1.29, 1.82) is 0 Å². The molecule has 0 bridgehead atoms. The summed E-state index contributed by atoms with van der Waals surface area (Å²) in [5.41, 5.74) is 5.67. The summed E-state index contributed by atoms with van der Waals surface area (Å²) in [4.78, 5) is 40.0. The van der Waals surface area contributed by atoms with E-state index in [1.165, 1.54) is 5.01 Å². The van der Waals surface area contributed by atoms with Crippen LogP contribution in [-0.4, -0.2) is 71.7 Å². The summed E-state index contributed by atoms with van der Waals surface area (Å²) in [6, 6.07) is 8.66.